The molecule has 1 saturated heterocycles. The van der Waals surface area contributed by atoms with E-state index in [9.17, 15) is 10.1 Å². The Bertz CT molecular complexity index is 828. The van der Waals surface area contributed by atoms with Gasteiger partial charge in [-0.05, 0) is 24.6 Å². The summed E-state index contributed by atoms with van der Waals surface area (Å²) in [4.78, 5) is 18.0. The average Bonchev–Trinajstić information content (AvgIpc) is 3.14. The van der Waals surface area contributed by atoms with Gasteiger partial charge in [0.05, 0.1) is 11.3 Å². The fraction of sp³-hybridized carbons (Fsp3) is 0.375. The van der Waals surface area contributed by atoms with Crippen LogP contribution in [-0.4, -0.2) is 29.1 Å². The monoisotopic (exact) mass is 345 g/mol. The first-order chi connectivity index (χ1) is 11.4. The van der Waals surface area contributed by atoms with Gasteiger partial charge in [0.25, 0.3) is 0 Å². The van der Waals surface area contributed by atoms with Gasteiger partial charge in [0, 0.05) is 32.0 Å². The Morgan fingerprint density at radius 3 is 2.96 bits per heavy atom. The van der Waals surface area contributed by atoms with E-state index >= 15 is 0 Å². The van der Waals surface area contributed by atoms with Gasteiger partial charge in [-0.1, -0.05) is 16.8 Å². The Hall–Kier alpha value is -2.59. The van der Waals surface area contributed by atoms with E-state index in [1.807, 2.05) is 11.0 Å². The van der Waals surface area contributed by atoms with Gasteiger partial charge in [0.1, 0.15) is 11.6 Å². The SMILES string of the molecule is CC(=O)N[C@]1(c2noc(C)n2)CCN(c2ccc(Cl)cc2C#N)C1. The van der Waals surface area contributed by atoms with Gasteiger partial charge in [-0.2, -0.15) is 10.2 Å². The molecule has 24 heavy (non-hydrogen) atoms. The van der Waals surface area contributed by atoms with E-state index in [1.54, 1.807) is 19.1 Å². The van der Waals surface area contributed by atoms with Gasteiger partial charge in [-0.3, -0.25) is 4.79 Å². The molecule has 0 radical (unpaired) electrons. The summed E-state index contributed by atoms with van der Waals surface area (Å²) in [5, 5.41) is 16.8. The second-order valence-electron chi connectivity index (χ2n) is 5.85. The third-order valence-electron chi connectivity index (χ3n) is 4.06. The minimum atomic E-state index is -0.740. The standard InChI is InChI=1S/C16H16ClN5O2/c1-10(23)20-16(15-19-11(2)24-21-15)5-6-22(9-16)14-4-3-13(17)7-12(14)8-18/h3-4,7H,5-6,9H2,1-2H3,(H,20,23)/t16-/m1/s1. The summed E-state index contributed by atoms with van der Waals surface area (Å²) in [6.07, 6.45) is 0.610. The molecule has 0 unspecified atom stereocenters. The van der Waals surface area contributed by atoms with E-state index in [2.05, 4.69) is 21.5 Å². The molecule has 0 aliphatic carbocycles. The summed E-state index contributed by atoms with van der Waals surface area (Å²) in [5.41, 5.74) is 0.524. The van der Waals surface area contributed by atoms with Crippen LogP contribution in [0.5, 0.6) is 0 Å². The minimum Gasteiger partial charge on any atom is -0.368 e. The van der Waals surface area contributed by atoms with E-state index in [-0.39, 0.29) is 5.91 Å². The van der Waals surface area contributed by atoms with Crippen molar-refractivity contribution in [1.29, 1.82) is 5.26 Å². The van der Waals surface area contributed by atoms with Crippen molar-refractivity contribution in [3.63, 3.8) is 0 Å². The minimum absolute atomic E-state index is 0.170. The summed E-state index contributed by atoms with van der Waals surface area (Å²) in [7, 11) is 0. The highest BCUT2D eigenvalue weighted by Gasteiger charge is 2.44. The molecular formula is C16H16ClN5O2. The third-order valence-corrected chi connectivity index (χ3v) is 4.30. The molecule has 1 amide bonds. The maximum absolute atomic E-state index is 11.7. The van der Waals surface area contributed by atoms with Crippen LogP contribution in [0.15, 0.2) is 22.7 Å². The van der Waals surface area contributed by atoms with Crippen LogP contribution in [0.25, 0.3) is 0 Å². The normalized spacial score (nSPS) is 20.0. The Labute approximate surface area is 144 Å². The highest BCUT2D eigenvalue weighted by Crippen LogP contribution is 2.35. The van der Waals surface area contributed by atoms with Crippen LogP contribution < -0.4 is 10.2 Å². The zero-order valence-electron chi connectivity index (χ0n) is 13.3. The highest BCUT2D eigenvalue weighted by atomic mass is 35.5. The second-order valence-corrected chi connectivity index (χ2v) is 6.28. The van der Waals surface area contributed by atoms with E-state index in [1.165, 1.54) is 6.92 Å². The van der Waals surface area contributed by atoms with Crippen LogP contribution in [-0.2, 0) is 10.3 Å². The lowest BCUT2D eigenvalue weighted by molar-refractivity contribution is -0.120. The fourth-order valence-electron chi connectivity index (χ4n) is 3.06. The van der Waals surface area contributed by atoms with Gasteiger partial charge >= 0.3 is 0 Å². The molecular weight excluding hydrogens is 330 g/mol. The lowest BCUT2D eigenvalue weighted by Gasteiger charge is -2.27. The third kappa shape index (κ3) is 2.93. The molecule has 0 spiro atoms. The zero-order valence-corrected chi connectivity index (χ0v) is 14.1. The number of aromatic nitrogens is 2. The van der Waals surface area contributed by atoms with Crippen LogP contribution >= 0.6 is 11.6 Å². The maximum Gasteiger partial charge on any atom is 0.223 e. The van der Waals surface area contributed by atoms with Crippen molar-refractivity contribution in [1.82, 2.24) is 15.5 Å². The lowest BCUT2D eigenvalue weighted by atomic mass is 9.97. The van der Waals surface area contributed by atoms with Crippen LogP contribution in [0.3, 0.4) is 0 Å². The molecule has 0 saturated carbocycles. The number of amides is 1. The molecule has 1 atom stereocenters. The smallest absolute Gasteiger partial charge is 0.223 e. The lowest BCUT2D eigenvalue weighted by Crippen LogP contribution is -2.48. The molecule has 0 bridgehead atoms. The molecule has 1 aliphatic rings. The van der Waals surface area contributed by atoms with E-state index in [0.29, 0.717) is 41.8 Å². The number of nitrogens with one attached hydrogen (secondary N) is 1. The van der Waals surface area contributed by atoms with E-state index in [0.717, 1.165) is 5.69 Å². The van der Waals surface area contributed by atoms with Gasteiger partial charge in [-0.15, -0.1) is 0 Å². The number of hydrogen-bond acceptors (Lipinski definition) is 6. The van der Waals surface area contributed by atoms with Crippen molar-refractivity contribution in [2.75, 3.05) is 18.0 Å². The molecule has 1 fully saturated rings. The topological polar surface area (TPSA) is 95.1 Å². The van der Waals surface area contributed by atoms with Gasteiger partial charge in [-0.25, -0.2) is 0 Å². The van der Waals surface area contributed by atoms with Crippen molar-refractivity contribution in [3.05, 3.63) is 40.5 Å². The number of carbonyl (C=O) groups is 1. The first kappa shape index (κ1) is 16.3. The van der Waals surface area contributed by atoms with Gasteiger partial charge in [0.15, 0.2) is 5.82 Å². The van der Waals surface area contributed by atoms with E-state index < -0.39 is 5.54 Å². The van der Waals surface area contributed by atoms with Crippen LogP contribution in [0.4, 0.5) is 5.69 Å². The molecule has 2 aromatic rings. The Morgan fingerprint density at radius 2 is 2.33 bits per heavy atom. The van der Waals surface area contributed by atoms with Gasteiger partial charge in [0.2, 0.25) is 11.8 Å². The van der Waals surface area contributed by atoms with Gasteiger partial charge < -0.3 is 14.7 Å². The summed E-state index contributed by atoms with van der Waals surface area (Å²) in [5.74, 6) is 0.721. The molecule has 1 N–H and O–H groups in total. The highest BCUT2D eigenvalue weighted by molar-refractivity contribution is 6.30. The number of anilines is 1. The molecule has 1 aromatic carbocycles. The Morgan fingerprint density at radius 1 is 1.54 bits per heavy atom. The molecule has 8 heteroatoms. The molecule has 124 valence electrons. The van der Waals surface area contributed by atoms with Crippen molar-refractivity contribution in [3.8, 4) is 6.07 Å². The number of nitriles is 1. The van der Waals surface area contributed by atoms with Crippen molar-refractivity contribution < 1.29 is 9.32 Å². The largest absolute Gasteiger partial charge is 0.368 e. The predicted molar refractivity (Wildman–Crippen MR) is 87.5 cm³/mol. The number of carbonyl (C=O) groups excluding carboxylic acids is 1. The number of nitrogens with zero attached hydrogens (tertiary/aromatic N) is 4. The first-order valence-electron chi connectivity index (χ1n) is 7.48. The summed E-state index contributed by atoms with van der Waals surface area (Å²) in [6.45, 7) is 4.25. The Balaban J connectivity index is 1.96. The van der Waals surface area contributed by atoms with Crippen LogP contribution in [0, 0.1) is 18.3 Å². The molecule has 1 aliphatic heterocycles. The molecule has 3 rings (SSSR count). The summed E-state index contributed by atoms with van der Waals surface area (Å²) in [6, 6.07) is 7.35. The quantitative estimate of drug-likeness (QED) is 0.915. The predicted octanol–water partition coefficient (Wildman–Crippen LogP) is 2.14. The molecule has 2 heterocycles. The molecule has 7 nitrogen and oxygen atoms in total. The number of halogens is 1. The van der Waals surface area contributed by atoms with Crippen molar-refractivity contribution in [2.24, 2.45) is 0 Å². The number of hydrogen-bond donors (Lipinski definition) is 1. The first-order valence-corrected chi connectivity index (χ1v) is 7.85. The van der Waals surface area contributed by atoms with Crippen LogP contribution in [0.2, 0.25) is 5.02 Å². The number of benzene rings is 1. The number of rotatable bonds is 3. The Kier molecular flexibility index (Phi) is 4.16. The second kappa shape index (κ2) is 6.13. The summed E-state index contributed by atoms with van der Waals surface area (Å²) < 4.78 is 5.08. The molecule has 1 aromatic heterocycles. The fourth-order valence-corrected chi connectivity index (χ4v) is 3.23. The average molecular weight is 346 g/mol. The zero-order chi connectivity index (χ0) is 17.3. The summed E-state index contributed by atoms with van der Waals surface area (Å²) >= 11 is 5.97. The van der Waals surface area contributed by atoms with Crippen molar-refractivity contribution >= 4 is 23.2 Å². The van der Waals surface area contributed by atoms with E-state index in [4.69, 9.17) is 16.1 Å². The van der Waals surface area contributed by atoms with Crippen molar-refractivity contribution in [2.45, 2.75) is 25.8 Å². The number of aryl methyl sites for hydroxylation is 1. The maximum atomic E-state index is 11.7. The van der Waals surface area contributed by atoms with Crippen LogP contribution in [0.1, 0.15) is 30.6 Å².